The lowest BCUT2D eigenvalue weighted by Crippen LogP contribution is -2.41. The number of amides is 1. The molecular weight excluding hydrogens is 366 g/mol. The minimum absolute atomic E-state index is 0.0896. The van der Waals surface area contributed by atoms with Gasteiger partial charge in [-0.25, -0.2) is 4.79 Å². The van der Waals surface area contributed by atoms with Crippen molar-refractivity contribution in [1.29, 1.82) is 5.41 Å². The molecule has 2 atom stereocenters. The van der Waals surface area contributed by atoms with Crippen molar-refractivity contribution in [2.24, 2.45) is 11.7 Å². The smallest absolute Gasteiger partial charge is 0.346 e. The molecule has 1 amide bonds. The van der Waals surface area contributed by atoms with Crippen molar-refractivity contribution in [2.75, 3.05) is 0 Å². The largest absolute Gasteiger partial charge is 0.480 e. The number of carbonyl (C=O) groups is 3. The van der Waals surface area contributed by atoms with Crippen LogP contribution in [0.5, 0.6) is 5.75 Å². The van der Waals surface area contributed by atoms with Gasteiger partial charge in [-0.2, -0.15) is 0 Å². The zero-order chi connectivity index (χ0) is 20.8. The Morgan fingerprint density at radius 2 is 1.86 bits per heavy atom. The van der Waals surface area contributed by atoms with E-state index in [1.54, 1.807) is 19.1 Å². The van der Waals surface area contributed by atoms with Gasteiger partial charge in [0.25, 0.3) is 0 Å². The van der Waals surface area contributed by atoms with Crippen molar-refractivity contribution in [1.82, 2.24) is 5.32 Å². The van der Waals surface area contributed by atoms with Gasteiger partial charge in [0.05, 0.1) is 5.56 Å². The molecule has 0 spiro atoms. The SMILES string of the molecule is CC(Cc1cc(C(=O)Oc2ccc(C(=N)N)cc2)co1)C(=O)NC(C)C(=O)O. The number of carboxylic acid groups (broad SMARTS) is 1. The van der Waals surface area contributed by atoms with Gasteiger partial charge < -0.3 is 25.3 Å². The van der Waals surface area contributed by atoms with Gasteiger partial charge in [-0.15, -0.1) is 0 Å². The number of aliphatic carboxylic acids is 1. The Bertz CT molecular complexity index is 887. The standard InChI is InChI=1S/C19H21N3O6/c1-10(17(23)22-11(2)18(24)25)7-15-8-13(9-27-15)19(26)28-14-5-3-12(4-6-14)16(20)21/h3-6,8-11H,7H2,1-2H3,(H3,20,21)(H,22,23)(H,24,25). The minimum atomic E-state index is -1.13. The molecule has 1 aromatic heterocycles. The molecule has 1 aromatic carbocycles. The van der Waals surface area contributed by atoms with Crippen LogP contribution in [-0.4, -0.2) is 34.8 Å². The fraction of sp³-hybridized carbons (Fsp3) is 0.263. The molecule has 0 saturated heterocycles. The van der Waals surface area contributed by atoms with Gasteiger partial charge in [-0.1, -0.05) is 6.92 Å². The summed E-state index contributed by atoms with van der Waals surface area (Å²) in [6.45, 7) is 3.00. The van der Waals surface area contributed by atoms with Gasteiger partial charge in [0.2, 0.25) is 5.91 Å². The van der Waals surface area contributed by atoms with Crippen LogP contribution >= 0.6 is 0 Å². The first-order chi connectivity index (χ1) is 13.2. The summed E-state index contributed by atoms with van der Waals surface area (Å²) in [6, 6.07) is 6.63. The maximum Gasteiger partial charge on any atom is 0.346 e. The van der Waals surface area contributed by atoms with E-state index in [2.05, 4.69) is 5.32 Å². The van der Waals surface area contributed by atoms with E-state index in [9.17, 15) is 14.4 Å². The van der Waals surface area contributed by atoms with Gasteiger partial charge in [-0.3, -0.25) is 15.0 Å². The molecule has 0 fully saturated rings. The molecule has 0 saturated carbocycles. The monoisotopic (exact) mass is 387 g/mol. The first-order valence-corrected chi connectivity index (χ1v) is 8.44. The number of carbonyl (C=O) groups excluding carboxylic acids is 2. The van der Waals surface area contributed by atoms with Gasteiger partial charge in [0.1, 0.15) is 29.7 Å². The molecule has 2 unspecified atom stereocenters. The third-order valence-electron chi connectivity index (χ3n) is 3.95. The molecule has 0 aliphatic rings. The highest BCUT2D eigenvalue weighted by molar-refractivity contribution is 5.95. The first kappa shape index (κ1) is 20.7. The molecule has 2 rings (SSSR count). The number of furan rings is 1. The van der Waals surface area contributed by atoms with Crippen LogP contribution < -0.4 is 15.8 Å². The summed E-state index contributed by atoms with van der Waals surface area (Å²) in [7, 11) is 0. The molecule has 5 N–H and O–H groups in total. The number of amidine groups is 1. The Kier molecular flexibility index (Phi) is 6.54. The molecular formula is C19H21N3O6. The van der Waals surface area contributed by atoms with Crippen molar-refractivity contribution in [3.63, 3.8) is 0 Å². The van der Waals surface area contributed by atoms with E-state index in [4.69, 9.17) is 25.4 Å². The van der Waals surface area contributed by atoms with Crippen LogP contribution in [0.15, 0.2) is 41.0 Å². The Hall–Kier alpha value is -3.62. The number of rotatable bonds is 8. The number of hydrogen-bond donors (Lipinski definition) is 4. The topological polar surface area (TPSA) is 156 Å². The number of ether oxygens (including phenoxy) is 1. The van der Waals surface area contributed by atoms with Gasteiger partial charge in [0.15, 0.2) is 0 Å². The van der Waals surface area contributed by atoms with Crippen molar-refractivity contribution < 1.29 is 28.6 Å². The van der Waals surface area contributed by atoms with E-state index in [0.717, 1.165) is 0 Å². The second-order valence-corrected chi connectivity index (χ2v) is 6.30. The third kappa shape index (κ3) is 5.44. The quantitative estimate of drug-likeness (QED) is 0.232. The molecule has 148 valence electrons. The Balaban J connectivity index is 1.95. The molecule has 1 heterocycles. The van der Waals surface area contributed by atoms with Gasteiger partial charge >= 0.3 is 11.9 Å². The fourth-order valence-electron chi connectivity index (χ4n) is 2.28. The normalized spacial score (nSPS) is 12.6. The summed E-state index contributed by atoms with van der Waals surface area (Å²) in [5.41, 5.74) is 6.05. The molecule has 9 heteroatoms. The molecule has 0 aliphatic heterocycles. The second kappa shape index (κ2) is 8.85. The number of nitrogens with one attached hydrogen (secondary N) is 2. The average molecular weight is 387 g/mol. The van der Waals surface area contributed by atoms with Gasteiger partial charge in [-0.05, 0) is 37.3 Å². The number of nitrogen functional groups attached to an aromatic ring is 1. The second-order valence-electron chi connectivity index (χ2n) is 6.30. The summed E-state index contributed by atoms with van der Waals surface area (Å²) >= 11 is 0. The zero-order valence-electron chi connectivity index (χ0n) is 15.4. The maximum absolute atomic E-state index is 12.2. The number of nitrogens with two attached hydrogens (primary N) is 1. The fourth-order valence-corrected chi connectivity index (χ4v) is 2.28. The van der Waals surface area contributed by atoms with Gasteiger partial charge in [0, 0.05) is 17.9 Å². The lowest BCUT2D eigenvalue weighted by molar-refractivity contribution is -0.141. The van der Waals surface area contributed by atoms with Crippen molar-refractivity contribution >= 4 is 23.7 Å². The third-order valence-corrected chi connectivity index (χ3v) is 3.95. The van der Waals surface area contributed by atoms with Crippen LogP contribution in [0.25, 0.3) is 0 Å². The average Bonchev–Trinajstić information content (AvgIpc) is 3.10. The van der Waals surface area contributed by atoms with Crippen molar-refractivity contribution in [2.45, 2.75) is 26.3 Å². The summed E-state index contributed by atoms with van der Waals surface area (Å²) < 4.78 is 10.5. The minimum Gasteiger partial charge on any atom is -0.480 e. The molecule has 0 aliphatic carbocycles. The van der Waals surface area contributed by atoms with E-state index >= 15 is 0 Å². The number of carboxylic acids is 1. The van der Waals surface area contributed by atoms with Crippen LogP contribution in [-0.2, 0) is 16.0 Å². The predicted molar refractivity (Wildman–Crippen MR) is 99.2 cm³/mol. The summed E-state index contributed by atoms with van der Waals surface area (Å²) in [6.07, 6.45) is 1.42. The summed E-state index contributed by atoms with van der Waals surface area (Å²) in [5, 5.41) is 18.5. The molecule has 28 heavy (non-hydrogen) atoms. The highest BCUT2D eigenvalue weighted by Crippen LogP contribution is 2.17. The Morgan fingerprint density at radius 1 is 1.21 bits per heavy atom. The van der Waals surface area contributed by atoms with Crippen LogP contribution in [0.2, 0.25) is 0 Å². The zero-order valence-corrected chi connectivity index (χ0v) is 15.4. The van der Waals surface area contributed by atoms with Crippen LogP contribution in [0.1, 0.15) is 35.5 Å². The lowest BCUT2D eigenvalue weighted by atomic mass is 10.0. The number of benzene rings is 1. The van der Waals surface area contributed by atoms with Crippen LogP contribution in [0.4, 0.5) is 0 Å². The van der Waals surface area contributed by atoms with Crippen LogP contribution in [0, 0.1) is 11.3 Å². The van der Waals surface area contributed by atoms with E-state index < -0.39 is 29.8 Å². The Morgan fingerprint density at radius 3 is 2.43 bits per heavy atom. The number of esters is 1. The van der Waals surface area contributed by atoms with E-state index in [1.807, 2.05) is 0 Å². The van der Waals surface area contributed by atoms with E-state index in [0.29, 0.717) is 11.3 Å². The van der Waals surface area contributed by atoms with Crippen molar-refractivity contribution in [3.8, 4) is 5.75 Å². The summed E-state index contributed by atoms with van der Waals surface area (Å²) in [4.78, 5) is 35.0. The lowest BCUT2D eigenvalue weighted by Gasteiger charge is -2.13. The van der Waals surface area contributed by atoms with E-state index in [-0.39, 0.29) is 23.6 Å². The Labute approximate surface area is 161 Å². The maximum atomic E-state index is 12.2. The van der Waals surface area contributed by atoms with Crippen LogP contribution in [0.3, 0.4) is 0 Å². The summed E-state index contributed by atoms with van der Waals surface area (Å²) in [5.74, 6) is -2.15. The highest BCUT2D eigenvalue weighted by atomic mass is 16.5. The number of hydrogen-bond acceptors (Lipinski definition) is 6. The van der Waals surface area contributed by atoms with E-state index in [1.165, 1.54) is 31.4 Å². The molecule has 0 bridgehead atoms. The first-order valence-electron chi connectivity index (χ1n) is 8.44. The van der Waals surface area contributed by atoms with Crippen molar-refractivity contribution in [3.05, 3.63) is 53.5 Å². The molecule has 9 nitrogen and oxygen atoms in total. The predicted octanol–water partition coefficient (Wildman–Crippen LogP) is 1.55. The highest BCUT2D eigenvalue weighted by Gasteiger charge is 2.21. The molecule has 2 aromatic rings. The molecule has 0 radical (unpaired) electrons.